The number of halogens is 2. The third-order valence-electron chi connectivity index (χ3n) is 5.27. The molecule has 136 valence electrons. The number of rotatable bonds is 5. The Morgan fingerprint density at radius 1 is 1.19 bits per heavy atom. The molecule has 0 aliphatic heterocycles. The van der Waals surface area contributed by atoms with E-state index in [0.717, 1.165) is 52.6 Å². The molecular formula is C20H22Cl2N4. The van der Waals surface area contributed by atoms with Gasteiger partial charge in [0.15, 0.2) is 5.65 Å². The Labute approximate surface area is 163 Å². The van der Waals surface area contributed by atoms with Crippen molar-refractivity contribution in [3.63, 3.8) is 0 Å². The first-order chi connectivity index (χ1) is 12.5. The van der Waals surface area contributed by atoms with Crippen molar-refractivity contribution >= 4 is 34.4 Å². The molecule has 2 aromatic heterocycles. The van der Waals surface area contributed by atoms with Gasteiger partial charge in [-0.3, -0.25) is 0 Å². The first kappa shape index (κ1) is 17.7. The van der Waals surface area contributed by atoms with Crippen LogP contribution in [0.25, 0.3) is 22.4 Å². The molecule has 2 heterocycles. The number of benzene rings is 1. The minimum Gasteiger partial charge on any atom is -0.309 e. The smallest absolute Gasteiger partial charge is 0.164 e. The highest BCUT2D eigenvalue weighted by atomic mass is 35.5. The van der Waals surface area contributed by atoms with Crippen molar-refractivity contribution in [2.45, 2.75) is 52.5 Å². The van der Waals surface area contributed by atoms with Gasteiger partial charge in [0.2, 0.25) is 0 Å². The van der Waals surface area contributed by atoms with Gasteiger partial charge in [-0.2, -0.15) is 0 Å². The quantitative estimate of drug-likeness (QED) is 0.535. The number of hydrogen-bond acceptors (Lipinski definition) is 3. The molecule has 0 spiro atoms. The second kappa shape index (κ2) is 6.82. The minimum atomic E-state index is 0.458. The van der Waals surface area contributed by atoms with Crippen molar-refractivity contribution in [1.29, 1.82) is 0 Å². The maximum absolute atomic E-state index is 6.52. The molecule has 1 aliphatic rings. The Bertz CT molecular complexity index is 952. The normalized spacial score (nSPS) is 15.6. The molecule has 1 aromatic carbocycles. The van der Waals surface area contributed by atoms with Crippen LogP contribution in [0, 0.1) is 12.8 Å². The summed E-state index contributed by atoms with van der Waals surface area (Å²) < 4.78 is 2.34. The number of nitrogens with zero attached hydrogens (tertiary/aromatic N) is 4. The zero-order valence-electron chi connectivity index (χ0n) is 15.3. The standard InChI is InChI=1S/C20H22Cl2N4/c1-4-15(12-6-7-12)26-16(5-2)25-19-18(23-10-24-20(19)26)17-11(3)8-13(21)9-14(17)22/h8-10,12,15H,4-7H2,1-3H3. The van der Waals surface area contributed by atoms with Gasteiger partial charge in [0.1, 0.15) is 23.4 Å². The van der Waals surface area contributed by atoms with Crippen molar-refractivity contribution in [1.82, 2.24) is 19.5 Å². The van der Waals surface area contributed by atoms with E-state index in [4.69, 9.17) is 28.2 Å². The summed E-state index contributed by atoms with van der Waals surface area (Å²) in [6.45, 7) is 6.39. The zero-order chi connectivity index (χ0) is 18.4. The fourth-order valence-corrected chi connectivity index (χ4v) is 4.63. The van der Waals surface area contributed by atoms with E-state index >= 15 is 0 Å². The van der Waals surface area contributed by atoms with Crippen LogP contribution in [-0.2, 0) is 6.42 Å². The molecule has 0 amide bonds. The molecule has 0 saturated heterocycles. The lowest BCUT2D eigenvalue weighted by molar-refractivity contribution is 0.427. The van der Waals surface area contributed by atoms with Crippen LogP contribution in [0.15, 0.2) is 18.5 Å². The average molecular weight is 389 g/mol. The fourth-order valence-electron chi connectivity index (χ4n) is 3.94. The molecule has 26 heavy (non-hydrogen) atoms. The fraction of sp³-hybridized carbons (Fsp3) is 0.450. The van der Waals surface area contributed by atoms with Gasteiger partial charge in [-0.1, -0.05) is 37.0 Å². The van der Waals surface area contributed by atoms with E-state index in [9.17, 15) is 0 Å². The van der Waals surface area contributed by atoms with Crippen LogP contribution in [-0.4, -0.2) is 19.5 Å². The van der Waals surface area contributed by atoms with Crippen LogP contribution in [0.2, 0.25) is 10.0 Å². The van der Waals surface area contributed by atoms with Crippen molar-refractivity contribution in [2.75, 3.05) is 0 Å². The molecular weight excluding hydrogens is 367 g/mol. The number of imidazole rings is 1. The molecule has 0 radical (unpaired) electrons. The summed E-state index contributed by atoms with van der Waals surface area (Å²) in [5.74, 6) is 1.81. The van der Waals surface area contributed by atoms with Crippen LogP contribution >= 0.6 is 23.2 Å². The molecule has 0 N–H and O–H groups in total. The summed E-state index contributed by atoms with van der Waals surface area (Å²) in [5.41, 5.74) is 4.40. The lowest BCUT2D eigenvalue weighted by atomic mass is 10.0. The van der Waals surface area contributed by atoms with Crippen LogP contribution < -0.4 is 0 Å². The monoisotopic (exact) mass is 388 g/mol. The van der Waals surface area contributed by atoms with Crippen molar-refractivity contribution in [3.8, 4) is 11.3 Å². The van der Waals surface area contributed by atoms with Gasteiger partial charge in [-0.05, 0) is 49.8 Å². The molecule has 1 aliphatic carbocycles. The third-order valence-corrected chi connectivity index (χ3v) is 5.79. The van der Waals surface area contributed by atoms with Crippen LogP contribution in [0.1, 0.15) is 50.5 Å². The third kappa shape index (κ3) is 2.89. The first-order valence-electron chi connectivity index (χ1n) is 9.22. The van der Waals surface area contributed by atoms with Gasteiger partial charge in [0, 0.05) is 23.0 Å². The predicted molar refractivity (Wildman–Crippen MR) is 107 cm³/mol. The second-order valence-corrected chi connectivity index (χ2v) is 7.88. The van der Waals surface area contributed by atoms with Crippen molar-refractivity contribution < 1.29 is 0 Å². The lowest BCUT2D eigenvalue weighted by Gasteiger charge is -2.19. The average Bonchev–Trinajstić information content (AvgIpc) is 3.36. The molecule has 4 rings (SSSR count). The number of aryl methyl sites for hydroxylation is 2. The Balaban J connectivity index is 1.98. The summed E-state index contributed by atoms with van der Waals surface area (Å²) in [4.78, 5) is 14.1. The highest BCUT2D eigenvalue weighted by Crippen LogP contribution is 2.44. The highest BCUT2D eigenvalue weighted by Gasteiger charge is 2.34. The van der Waals surface area contributed by atoms with E-state index in [-0.39, 0.29) is 0 Å². The van der Waals surface area contributed by atoms with E-state index in [1.807, 2.05) is 13.0 Å². The van der Waals surface area contributed by atoms with Gasteiger partial charge < -0.3 is 4.57 Å². The Hall–Kier alpha value is -1.65. The largest absolute Gasteiger partial charge is 0.309 e. The SMILES string of the molecule is CCc1nc2c(-c3c(C)cc(Cl)cc3Cl)ncnc2n1C(CC)C1CC1. The van der Waals surface area contributed by atoms with Crippen LogP contribution in [0.4, 0.5) is 0 Å². The van der Waals surface area contributed by atoms with Crippen molar-refractivity contribution in [3.05, 3.63) is 39.9 Å². The molecule has 6 heteroatoms. The van der Waals surface area contributed by atoms with E-state index in [0.29, 0.717) is 16.1 Å². The van der Waals surface area contributed by atoms with Gasteiger partial charge >= 0.3 is 0 Å². The van der Waals surface area contributed by atoms with E-state index in [1.165, 1.54) is 12.8 Å². The zero-order valence-corrected chi connectivity index (χ0v) is 16.8. The van der Waals surface area contributed by atoms with Gasteiger partial charge in [-0.15, -0.1) is 0 Å². The summed E-state index contributed by atoms with van der Waals surface area (Å²) in [6, 6.07) is 4.13. The van der Waals surface area contributed by atoms with Gasteiger partial charge in [0.05, 0.1) is 5.02 Å². The summed E-state index contributed by atoms with van der Waals surface area (Å²) in [5, 5.41) is 1.22. The van der Waals surface area contributed by atoms with Crippen LogP contribution in [0.3, 0.4) is 0 Å². The van der Waals surface area contributed by atoms with E-state index in [2.05, 4.69) is 28.4 Å². The van der Waals surface area contributed by atoms with Crippen LogP contribution in [0.5, 0.6) is 0 Å². The summed E-state index contributed by atoms with van der Waals surface area (Å²) in [7, 11) is 0. The molecule has 1 saturated carbocycles. The van der Waals surface area contributed by atoms with E-state index < -0.39 is 0 Å². The molecule has 1 atom stereocenters. The maximum atomic E-state index is 6.52. The molecule has 1 unspecified atom stereocenters. The summed E-state index contributed by atoms with van der Waals surface area (Å²) in [6.07, 6.45) is 6.16. The Kier molecular flexibility index (Phi) is 4.66. The molecule has 0 bridgehead atoms. The predicted octanol–water partition coefficient (Wildman–Crippen LogP) is 6.03. The minimum absolute atomic E-state index is 0.458. The molecule has 1 fully saturated rings. The summed E-state index contributed by atoms with van der Waals surface area (Å²) >= 11 is 12.7. The Morgan fingerprint density at radius 2 is 1.96 bits per heavy atom. The highest BCUT2D eigenvalue weighted by molar-refractivity contribution is 6.36. The Morgan fingerprint density at radius 3 is 2.58 bits per heavy atom. The topological polar surface area (TPSA) is 43.6 Å². The first-order valence-corrected chi connectivity index (χ1v) is 9.98. The molecule has 4 nitrogen and oxygen atoms in total. The van der Waals surface area contributed by atoms with E-state index in [1.54, 1.807) is 12.4 Å². The number of fused-ring (bicyclic) bond motifs is 1. The number of hydrogen-bond donors (Lipinski definition) is 0. The van der Waals surface area contributed by atoms with Gasteiger partial charge in [-0.25, -0.2) is 15.0 Å². The second-order valence-electron chi connectivity index (χ2n) is 7.04. The lowest BCUT2D eigenvalue weighted by Crippen LogP contribution is -2.14. The molecule has 3 aromatic rings. The van der Waals surface area contributed by atoms with Crippen molar-refractivity contribution in [2.24, 2.45) is 5.92 Å². The van der Waals surface area contributed by atoms with Gasteiger partial charge in [0.25, 0.3) is 0 Å². The maximum Gasteiger partial charge on any atom is 0.164 e. The number of aromatic nitrogens is 4.